The maximum atomic E-state index is 14.2. The van der Waals surface area contributed by atoms with Gasteiger partial charge < -0.3 is 10.1 Å². The highest BCUT2D eigenvalue weighted by Gasteiger charge is 2.12. The number of aryl methyl sites for hydroxylation is 1. The van der Waals surface area contributed by atoms with Crippen LogP contribution in [0.4, 0.5) is 10.1 Å². The molecule has 0 aliphatic rings. The maximum absolute atomic E-state index is 14.2. The summed E-state index contributed by atoms with van der Waals surface area (Å²) in [5, 5.41) is 13.8. The SMILES string of the molecule is Cc1nnnn1-c1ccc(F)c(NC(=O)CCOc2ccccc2-c2ccccc2)c1. The van der Waals surface area contributed by atoms with Gasteiger partial charge in [-0.2, -0.15) is 4.68 Å². The van der Waals surface area contributed by atoms with Gasteiger partial charge in [0, 0.05) is 5.56 Å². The molecule has 4 aromatic rings. The lowest BCUT2D eigenvalue weighted by atomic mass is 10.1. The van der Waals surface area contributed by atoms with Crippen molar-refractivity contribution in [2.24, 2.45) is 0 Å². The number of rotatable bonds is 7. The number of para-hydroxylation sites is 1. The van der Waals surface area contributed by atoms with Crippen LogP contribution in [0.15, 0.2) is 72.8 Å². The van der Waals surface area contributed by atoms with E-state index in [9.17, 15) is 9.18 Å². The molecule has 0 unspecified atom stereocenters. The molecular formula is C23H20FN5O2. The van der Waals surface area contributed by atoms with Crippen molar-refractivity contribution < 1.29 is 13.9 Å². The lowest BCUT2D eigenvalue weighted by Gasteiger charge is -2.12. The molecule has 1 heterocycles. The molecule has 3 aromatic carbocycles. The molecular weight excluding hydrogens is 397 g/mol. The first-order valence-electron chi connectivity index (χ1n) is 9.74. The topological polar surface area (TPSA) is 81.9 Å². The Bertz CT molecular complexity index is 1190. The van der Waals surface area contributed by atoms with Crippen LogP contribution >= 0.6 is 0 Å². The van der Waals surface area contributed by atoms with Crippen molar-refractivity contribution in [3.05, 3.63) is 84.4 Å². The van der Waals surface area contributed by atoms with Gasteiger partial charge in [-0.3, -0.25) is 4.79 Å². The van der Waals surface area contributed by atoms with Crippen LogP contribution in [0.1, 0.15) is 12.2 Å². The number of tetrazole rings is 1. The highest BCUT2D eigenvalue weighted by molar-refractivity contribution is 5.91. The number of nitrogens with one attached hydrogen (secondary N) is 1. The van der Waals surface area contributed by atoms with Crippen LogP contribution in [0.3, 0.4) is 0 Å². The zero-order valence-electron chi connectivity index (χ0n) is 16.8. The molecule has 0 saturated heterocycles. The smallest absolute Gasteiger partial charge is 0.227 e. The first kappa shape index (κ1) is 20.2. The largest absolute Gasteiger partial charge is 0.492 e. The number of benzene rings is 3. The van der Waals surface area contributed by atoms with Crippen LogP contribution in [0.2, 0.25) is 0 Å². The second-order valence-corrected chi connectivity index (χ2v) is 6.81. The summed E-state index contributed by atoms with van der Waals surface area (Å²) in [5.74, 6) is 0.332. The minimum Gasteiger partial charge on any atom is -0.492 e. The molecule has 0 saturated carbocycles. The van der Waals surface area contributed by atoms with E-state index in [0.29, 0.717) is 17.3 Å². The molecule has 0 spiro atoms. The Morgan fingerprint density at radius 1 is 1.06 bits per heavy atom. The van der Waals surface area contributed by atoms with Gasteiger partial charge in [0.05, 0.1) is 24.4 Å². The molecule has 1 amide bonds. The highest BCUT2D eigenvalue weighted by Crippen LogP contribution is 2.29. The molecule has 0 radical (unpaired) electrons. The van der Waals surface area contributed by atoms with E-state index in [1.807, 2.05) is 54.6 Å². The van der Waals surface area contributed by atoms with Gasteiger partial charge in [0.15, 0.2) is 5.82 Å². The molecule has 1 N–H and O–H groups in total. The number of anilines is 1. The number of halogens is 1. The minimum atomic E-state index is -0.543. The van der Waals surface area contributed by atoms with Gasteiger partial charge in [-0.25, -0.2) is 4.39 Å². The second-order valence-electron chi connectivity index (χ2n) is 6.81. The number of carbonyl (C=O) groups is 1. The maximum Gasteiger partial charge on any atom is 0.227 e. The number of hydrogen-bond acceptors (Lipinski definition) is 5. The van der Waals surface area contributed by atoms with Crippen molar-refractivity contribution in [2.45, 2.75) is 13.3 Å². The summed E-state index contributed by atoms with van der Waals surface area (Å²) in [5.41, 5.74) is 2.58. The van der Waals surface area contributed by atoms with E-state index in [2.05, 4.69) is 20.8 Å². The highest BCUT2D eigenvalue weighted by atomic mass is 19.1. The fourth-order valence-corrected chi connectivity index (χ4v) is 3.13. The van der Waals surface area contributed by atoms with Crippen molar-refractivity contribution in [2.75, 3.05) is 11.9 Å². The third-order valence-corrected chi connectivity index (χ3v) is 4.65. The lowest BCUT2D eigenvalue weighted by Crippen LogP contribution is -2.16. The fraction of sp³-hybridized carbons (Fsp3) is 0.130. The first-order chi connectivity index (χ1) is 15.1. The monoisotopic (exact) mass is 417 g/mol. The molecule has 7 nitrogen and oxygen atoms in total. The first-order valence-corrected chi connectivity index (χ1v) is 9.74. The van der Waals surface area contributed by atoms with Gasteiger partial charge >= 0.3 is 0 Å². The molecule has 0 aliphatic heterocycles. The van der Waals surface area contributed by atoms with Crippen LogP contribution in [0.5, 0.6) is 5.75 Å². The van der Waals surface area contributed by atoms with E-state index >= 15 is 0 Å². The third-order valence-electron chi connectivity index (χ3n) is 4.65. The van der Waals surface area contributed by atoms with Gasteiger partial charge in [-0.05, 0) is 47.2 Å². The summed E-state index contributed by atoms with van der Waals surface area (Å²) in [4.78, 5) is 12.4. The Morgan fingerprint density at radius 3 is 2.61 bits per heavy atom. The van der Waals surface area contributed by atoms with E-state index in [1.165, 1.54) is 22.9 Å². The van der Waals surface area contributed by atoms with E-state index in [4.69, 9.17) is 4.74 Å². The Labute approximate surface area is 178 Å². The van der Waals surface area contributed by atoms with Crippen molar-refractivity contribution in [1.82, 2.24) is 20.2 Å². The van der Waals surface area contributed by atoms with Crippen molar-refractivity contribution >= 4 is 11.6 Å². The second kappa shape index (κ2) is 9.17. The number of nitrogens with zero attached hydrogens (tertiary/aromatic N) is 4. The average Bonchev–Trinajstić information content (AvgIpc) is 3.22. The van der Waals surface area contributed by atoms with Crippen molar-refractivity contribution in [3.8, 4) is 22.6 Å². The fourth-order valence-electron chi connectivity index (χ4n) is 3.13. The van der Waals surface area contributed by atoms with E-state index < -0.39 is 5.82 Å². The summed E-state index contributed by atoms with van der Waals surface area (Å²) >= 11 is 0. The van der Waals surface area contributed by atoms with Crippen LogP contribution in [0, 0.1) is 12.7 Å². The Balaban J connectivity index is 1.40. The van der Waals surface area contributed by atoms with Gasteiger partial charge in [-0.15, -0.1) is 5.10 Å². The molecule has 31 heavy (non-hydrogen) atoms. The van der Waals surface area contributed by atoms with Crippen LogP contribution in [-0.4, -0.2) is 32.7 Å². The predicted molar refractivity (Wildman–Crippen MR) is 114 cm³/mol. The zero-order valence-corrected chi connectivity index (χ0v) is 16.8. The standard InChI is InChI=1S/C23H20FN5O2/c1-16-26-27-28-29(16)18-11-12-20(24)21(15-18)25-23(30)13-14-31-22-10-6-5-9-19(22)17-7-3-2-4-8-17/h2-12,15H,13-14H2,1H3,(H,25,30). The van der Waals surface area contributed by atoms with E-state index in [1.54, 1.807) is 6.92 Å². The third kappa shape index (κ3) is 4.75. The van der Waals surface area contributed by atoms with Crippen molar-refractivity contribution in [1.29, 1.82) is 0 Å². The van der Waals surface area contributed by atoms with Crippen LogP contribution in [-0.2, 0) is 4.79 Å². The number of amides is 1. The summed E-state index contributed by atoms with van der Waals surface area (Å²) in [7, 11) is 0. The van der Waals surface area contributed by atoms with Crippen LogP contribution in [0.25, 0.3) is 16.8 Å². The summed E-state index contributed by atoms with van der Waals surface area (Å²) in [6, 6.07) is 21.8. The molecule has 8 heteroatoms. The minimum absolute atomic E-state index is 0.0575. The van der Waals surface area contributed by atoms with Crippen molar-refractivity contribution in [3.63, 3.8) is 0 Å². The van der Waals surface area contributed by atoms with Gasteiger partial charge in [0.2, 0.25) is 5.91 Å². The predicted octanol–water partition coefficient (Wildman–Crippen LogP) is 4.18. The zero-order chi connectivity index (χ0) is 21.6. The summed E-state index contributed by atoms with van der Waals surface area (Å²) in [6.07, 6.45) is 0.0662. The molecule has 0 fully saturated rings. The van der Waals surface area contributed by atoms with Gasteiger partial charge in [0.1, 0.15) is 11.6 Å². The number of carbonyl (C=O) groups excluding carboxylic acids is 1. The van der Waals surface area contributed by atoms with Crippen LogP contribution < -0.4 is 10.1 Å². The molecule has 0 bridgehead atoms. The number of aromatic nitrogens is 4. The normalized spacial score (nSPS) is 10.6. The summed E-state index contributed by atoms with van der Waals surface area (Å²) in [6.45, 7) is 1.88. The Kier molecular flexibility index (Phi) is 5.98. The molecule has 4 rings (SSSR count). The molecule has 156 valence electrons. The molecule has 0 aliphatic carbocycles. The lowest BCUT2D eigenvalue weighted by molar-refractivity contribution is -0.116. The average molecular weight is 417 g/mol. The van der Waals surface area contributed by atoms with Gasteiger partial charge in [0.25, 0.3) is 0 Å². The van der Waals surface area contributed by atoms with Gasteiger partial charge in [-0.1, -0.05) is 48.5 Å². The Morgan fingerprint density at radius 2 is 1.84 bits per heavy atom. The number of hydrogen-bond donors (Lipinski definition) is 1. The number of ether oxygens (including phenoxy) is 1. The quantitative estimate of drug-likeness (QED) is 0.488. The molecule has 1 aromatic heterocycles. The Hall–Kier alpha value is -4.07. The molecule has 0 atom stereocenters. The van der Waals surface area contributed by atoms with E-state index in [0.717, 1.165) is 11.1 Å². The summed E-state index contributed by atoms with van der Waals surface area (Å²) < 4.78 is 21.5. The van der Waals surface area contributed by atoms with E-state index in [-0.39, 0.29) is 24.6 Å².